The standard InChI is InChI=1S/C9H12N2O2/c1-11(2)9(12)13-7-8-4-3-5-10-6-8/h3-6H,7H2,1-2H3. The Kier molecular flexibility index (Phi) is 3.25. The van der Waals surface area contributed by atoms with Crippen LogP contribution in [0.5, 0.6) is 0 Å². The predicted molar refractivity (Wildman–Crippen MR) is 48.1 cm³/mol. The molecule has 0 aliphatic heterocycles. The maximum atomic E-state index is 11.0. The van der Waals surface area contributed by atoms with Gasteiger partial charge in [-0.15, -0.1) is 0 Å². The van der Waals surface area contributed by atoms with E-state index in [1.807, 2.05) is 6.07 Å². The van der Waals surface area contributed by atoms with E-state index in [9.17, 15) is 4.79 Å². The maximum Gasteiger partial charge on any atom is 0.409 e. The predicted octanol–water partition coefficient (Wildman–Crippen LogP) is 1.28. The van der Waals surface area contributed by atoms with Crippen LogP contribution in [0.2, 0.25) is 0 Å². The van der Waals surface area contributed by atoms with Gasteiger partial charge in [0.1, 0.15) is 6.61 Å². The Balaban J connectivity index is 2.40. The fraction of sp³-hybridized carbons (Fsp3) is 0.333. The molecule has 1 aromatic rings. The van der Waals surface area contributed by atoms with E-state index in [-0.39, 0.29) is 12.7 Å². The average molecular weight is 180 g/mol. The number of ether oxygens (including phenoxy) is 1. The molecule has 0 spiro atoms. The van der Waals surface area contributed by atoms with Crippen molar-refractivity contribution in [2.75, 3.05) is 14.1 Å². The van der Waals surface area contributed by atoms with Crippen molar-refractivity contribution >= 4 is 6.09 Å². The SMILES string of the molecule is CN(C)C(=O)OCc1cccnc1. The third-order valence-corrected chi connectivity index (χ3v) is 1.45. The summed E-state index contributed by atoms with van der Waals surface area (Å²) in [7, 11) is 3.29. The topological polar surface area (TPSA) is 42.4 Å². The van der Waals surface area contributed by atoms with Gasteiger partial charge in [0.05, 0.1) is 0 Å². The molecule has 1 amide bonds. The number of pyridine rings is 1. The van der Waals surface area contributed by atoms with Crippen LogP contribution in [-0.4, -0.2) is 30.1 Å². The van der Waals surface area contributed by atoms with Crippen molar-refractivity contribution < 1.29 is 9.53 Å². The van der Waals surface area contributed by atoms with Crippen molar-refractivity contribution in [3.8, 4) is 0 Å². The van der Waals surface area contributed by atoms with Gasteiger partial charge in [0.2, 0.25) is 0 Å². The molecule has 4 heteroatoms. The number of carbonyl (C=O) groups is 1. The van der Waals surface area contributed by atoms with Gasteiger partial charge in [0, 0.05) is 32.1 Å². The summed E-state index contributed by atoms with van der Waals surface area (Å²) in [5.74, 6) is 0. The minimum atomic E-state index is -0.344. The van der Waals surface area contributed by atoms with Gasteiger partial charge in [-0.05, 0) is 6.07 Å². The van der Waals surface area contributed by atoms with E-state index in [2.05, 4.69) is 4.98 Å². The second-order valence-electron chi connectivity index (χ2n) is 2.81. The van der Waals surface area contributed by atoms with Gasteiger partial charge < -0.3 is 9.64 Å². The third kappa shape index (κ3) is 3.11. The molecular weight excluding hydrogens is 168 g/mol. The number of rotatable bonds is 2. The lowest BCUT2D eigenvalue weighted by Crippen LogP contribution is -2.22. The van der Waals surface area contributed by atoms with Crippen molar-refractivity contribution in [3.63, 3.8) is 0 Å². The monoisotopic (exact) mass is 180 g/mol. The molecular formula is C9H12N2O2. The first-order valence-electron chi connectivity index (χ1n) is 3.93. The lowest BCUT2D eigenvalue weighted by atomic mass is 10.3. The van der Waals surface area contributed by atoms with Crippen LogP contribution in [0.4, 0.5) is 4.79 Å². The molecule has 0 saturated carbocycles. The highest BCUT2D eigenvalue weighted by Gasteiger charge is 2.03. The van der Waals surface area contributed by atoms with Gasteiger partial charge in [-0.25, -0.2) is 4.79 Å². The Morgan fingerprint density at radius 2 is 2.38 bits per heavy atom. The lowest BCUT2D eigenvalue weighted by Gasteiger charge is -2.10. The summed E-state index contributed by atoms with van der Waals surface area (Å²) < 4.78 is 4.94. The number of carbonyl (C=O) groups excluding carboxylic acids is 1. The van der Waals surface area contributed by atoms with Crippen LogP contribution >= 0.6 is 0 Å². The summed E-state index contributed by atoms with van der Waals surface area (Å²) in [6.07, 6.45) is 3.00. The third-order valence-electron chi connectivity index (χ3n) is 1.45. The molecule has 0 aliphatic rings. The number of aromatic nitrogens is 1. The van der Waals surface area contributed by atoms with Crippen molar-refractivity contribution in [2.45, 2.75) is 6.61 Å². The fourth-order valence-electron chi connectivity index (χ4n) is 0.758. The van der Waals surface area contributed by atoms with E-state index in [1.165, 1.54) is 4.90 Å². The largest absolute Gasteiger partial charge is 0.444 e. The van der Waals surface area contributed by atoms with E-state index in [1.54, 1.807) is 32.6 Å². The number of nitrogens with zero attached hydrogens (tertiary/aromatic N) is 2. The van der Waals surface area contributed by atoms with Crippen LogP contribution in [0.25, 0.3) is 0 Å². The van der Waals surface area contributed by atoms with Gasteiger partial charge in [0.15, 0.2) is 0 Å². The van der Waals surface area contributed by atoms with Crippen molar-refractivity contribution in [1.82, 2.24) is 9.88 Å². The molecule has 70 valence electrons. The van der Waals surface area contributed by atoms with Crippen molar-refractivity contribution in [2.24, 2.45) is 0 Å². The Morgan fingerprint density at radius 1 is 1.62 bits per heavy atom. The zero-order valence-electron chi connectivity index (χ0n) is 7.73. The average Bonchev–Trinajstić information content (AvgIpc) is 2.15. The van der Waals surface area contributed by atoms with Crippen LogP contribution in [0, 0.1) is 0 Å². The summed E-state index contributed by atoms with van der Waals surface area (Å²) in [4.78, 5) is 16.3. The molecule has 1 heterocycles. The molecule has 0 radical (unpaired) electrons. The molecule has 0 aliphatic carbocycles. The molecule has 0 unspecified atom stereocenters. The zero-order valence-corrected chi connectivity index (χ0v) is 7.73. The van der Waals surface area contributed by atoms with Crippen molar-refractivity contribution in [3.05, 3.63) is 30.1 Å². The highest BCUT2D eigenvalue weighted by atomic mass is 16.6. The van der Waals surface area contributed by atoms with Gasteiger partial charge in [0.25, 0.3) is 0 Å². The Labute approximate surface area is 77.1 Å². The molecule has 1 aromatic heterocycles. The van der Waals surface area contributed by atoms with E-state index in [0.29, 0.717) is 0 Å². The van der Waals surface area contributed by atoms with Crippen LogP contribution in [0.15, 0.2) is 24.5 Å². The van der Waals surface area contributed by atoms with Gasteiger partial charge in [-0.2, -0.15) is 0 Å². The number of amides is 1. The second kappa shape index (κ2) is 4.45. The molecule has 13 heavy (non-hydrogen) atoms. The molecule has 1 rings (SSSR count). The first-order valence-corrected chi connectivity index (χ1v) is 3.93. The number of hydrogen-bond acceptors (Lipinski definition) is 3. The molecule has 4 nitrogen and oxygen atoms in total. The van der Waals surface area contributed by atoms with E-state index in [4.69, 9.17) is 4.74 Å². The minimum Gasteiger partial charge on any atom is -0.444 e. The van der Waals surface area contributed by atoms with E-state index >= 15 is 0 Å². The molecule has 0 N–H and O–H groups in total. The van der Waals surface area contributed by atoms with Gasteiger partial charge in [-0.3, -0.25) is 4.98 Å². The normalized spacial score (nSPS) is 9.38. The van der Waals surface area contributed by atoms with Crippen LogP contribution in [0.1, 0.15) is 5.56 Å². The highest BCUT2D eigenvalue weighted by Crippen LogP contribution is 1.99. The molecule has 0 fully saturated rings. The molecule has 0 aromatic carbocycles. The lowest BCUT2D eigenvalue weighted by molar-refractivity contribution is 0.112. The summed E-state index contributed by atoms with van der Waals surface area (Å²) in [6, 6.07) is 3.66. The smallest absolute Gasteiger partial charge is 0.409 e. The Hall–Kier alpha value is -1.58. The first kappa shape index (κ1) is 9.51. The maximum absolute atomic E-state index is 11.0. The molecule has 0 atom stereocenters. The Bertz CT molecular complexity index is 272. The quantitative estimate of drug-likeness (QED) is 0.688. The molecule has 0 saturated heterocycles. The molecule has 0 bridgehead atoms. The first-order chi connectivity index (χ1) is 6.20. The van der Waals surface area contributed by atoms with Crippen LogP contribution in [0.3, 0.4) is 0 Å². The van der Waals surface area contributed by atoms with Crippen LogP contribution in [-0.2, 0) is 11.3 Å². The minimum absolute atomic E-state index is 0.269. The van der Waals surface area contributed by atoms with E-state index in [0.717, 1.165) is 5.56 Å². The summed E-state index contributed by atoms with van der Waals surface area (Å²) >= 11 is 0. The summed E-state index contributed by atoms with van der Waals surface area (Å²) in [5.41, 5.74) is 0.887. The fourth-order valence-corrected chi connectivity index (χ4v) is 0.758. The van der Waals surface area contributed by atoms with Crippen molar-refractivity contribution in [1.29, 1.82) is 0 Å². The second-order valence-corrected chi connectivity index (χ2v) is 2.81. The number of hydrogen-bond donors (Lipinski definition) is 0. The van der Waals surface area contributed by atoms with Crippen LogP contribution < -0.4 is 0 Å². The highest BCUT2D eigenvalue weighted by molar-refractivity contribution is 5.66. The zero-order chi connectivity index (χ0) is 9.68. The van der Waals surface area contributed by atoms with Gasteiger partial charge >= 0.3 is 6.09 Å². The summed E-state index contributed by atoms with van der Waals surface area (Å²) in [5, 5.41) is 0. The van der Waals surface area contributed by atoms with Gasteiger partial charge in [-0.1, -0.05) is 6.07 Å². The Morgan fingerprint density at radius 3 is 2.92 bits per heavy atom. The summed E-state index contributed by atoms with van der Waals surface area (Å²) in [6.45, 7) is 0.269. The van der Waals surface area contributed by atoms with E-state index < -0.39 is 0 Å².